The first-order valence-electron chi connectivity index (χ1n) is 8.65. The summed E-state index contributed by atoms with van der Waals surface area (Å²) in [6, 6.07) is 3.64. The Bertz CT molecular complexity index is 1020. The third-order valence-electron chi connectivity index (χ3n) is 4.51. The number of carbonyl (C=O) groups is 1. The molecule has 0 radical (unpaired) electrons. The molecule has 3 heterocycles. The Morgan fingerprint density at radius 2 is 1.93 bits per heavy atom. The maximum atomic E-state index is 12.9. The lowest BCUT2D eigenvalue weighted by Crippen LogP contribution is -2.26. The number of halogens is 3. The first kappa shape index (κ1) is 19.8. The Kier molecular flexibility index (Phi) is 5.14. The van der Waals surface area contributed by atoms with E-state index in [4.69, 9.17) is 4.42 Å². The molecule has 0 saturated heterocycles. The van der Waals surface area contributed by atoms with Gasteiger partial charge in [-0.25, -0.2) is 9.50 Å². The molecule has 3 aromatic heterocycles. The Morgan fingerprint density at radius 3 is 2.54 bits per heavy atom. The van der Waals surface area contributed by atoms with Gasteiger partial charge in [0.2, 0.25) is 5.91 Å². The lowest BCUT2D eigenvalue weighted by Gasteiger charge is -2.16. The highest BCUT2D eigenvalue weighted by Gasteiger charge is 2.37. The minimum absolute atomic E-state index is 0.109. The monoisotopic (exact) mass is 395 g/mol. The van der Waals surface area contributed by atoms with Crippen molar-refractivity contribution in [1.29, 1.82) is 0 Å². The zero-order valence-corrected chi connectivity index (χ0v) is 16.0. The van der Waals surface area contributed by atoms with Gasteiger partial charge in [0.1, 0.15) is 11.5 Å². The van der Waals surface area contributed by atoms with Gasteiger partial charge in [0.15, 0.2) is 0 Å². The molecule has 0 aliphatic rings. The average Bonchev–Trinajstić information content (AvgIpc) is 3.20. The molecule has 0 atom stereocenters. The van der Waals surface area contributed by atoms with Crippen LogP contribution in [0.2, 0.25) is 0 Å². The van der Waals surface area contributed by atoms with Crippen LogP contribution in [-0.4, -0.2) is 37.4 Å². The summed E-state index contributed by atoms with van der Waals surface area (Å²) in [5, 5.41) is 3.52. The summed E-state index contributed by atoms with van der Waals surface area (Å²) < 4.78 is 45.1. The van der Waals surface area contributed by atoms with Crippen LogP contribution >= 0.6 is 0 Å². The van der Waals surface area contributed by atoms with Crippen LogP contribution in [0.5, 0.6) is 0 Å². The smallest absolute Gasteiger partial charge is 0.453 e. The van der Waals surface area contributed by atoms with Crippen LogP contribution in [0.25, 0.3) is 5.78 Å². The number of amides is 1. The molecule has 10 heteroatoms. The fourth-order valence-corrected chi connectivity index (χ4v) is 3.01. The third kappa shape index (κ3) is 4.00. The molecule has 0 N–H and O–H groups in total. The van der Waals surface area contributed by atoms with Crippen molar-refractivity contribution in [2.24, 2.45) is 0 Å². The molecule has 0 saturated carbocycles. The van der Waals surface area contributed by atoms with Gasteiger partial charge in [-0.3, -0.25) is 4.79 Å². The number of nitrogens with zero attached hydrogens (tertiary/aromatic N) is 5. The number of fused-ring (bicyclic) bond motifs is 1. The molecule has 3 aromatic rings. The zero-order chi connectivity index (χ0) is 20.6. The van der Waals surface area contributed by atoms with Crippen molar-refractivity contribution in [2.75, 3.05) is 7.05 Å². The van der Waals surface area contributed by atoms with E-state index in [9.17, 15) is 18.0 Å². The molecule has 150 valence electrons. The summed E-state index contributed by atoms with van der Waals surface area (Å²) in [6.07, 6.45) is -4.12. The summed E-state index contributed by atoms with van der Waals surface area (Å²) in [4.78, 5) is 21.5. The molecule has 0 bridgehead atoms. The maximum Gasteiger partial charge on any atom is 0.453 e. The third-order valence-corrected chi connectivity index (χ3v) is 4.51. The number of hydrogen-bond donors (Lipinski definition) is 0. The van der Waals surface area contributed by atoms with Gasteiger partial charge in [-0.2, -0.15) is 18.2 Å². The summed E-state index contributed by atoms with van der Waals surface area (Å²) in [5.74, 6) is 0.00746. The van der Waals surface area contributed by atoms with Crippen molar-refractivity contribution in [3.8, 4) is 0 Å². The van der Waals surface area contributed by atoms with Gasteiger partial charge in [-0.15, -0.1) is 5.10 Å². The number of aromatic nitrogens is 4. The first-order chi connectivity index (χ1) is 13.1. The number of aryl methyl sites for hydroxylation is 3. The Hall–Kier alpha value is -2.91. The lowest BCUT2D eigenvalue weighted by atomic mass is 10.1. The van der Waals surface area contributed by atoms with E-state index in [1.165, 1.54) is 0 Å². The van der Waals surface area contributed by atoms with E-state index in [1.54, 1.807) is 25.8 Å². The second-order valence-corrected chi connectivity index (χ2v) is 6.67. The molecule has 7 nitrogen and oxygen atoms in total. The van der Waals surface area contributed by atoms with Crippen molar-refractivity contribution < 1.29 is 22.4 Å². The summed E-state index contributed by atoms with van der Waals surface area (Å²) in [5.41, 5.74) is 1.70. The molecule has 0 aromatic carbocycles. The minimum atomic E-state index is -4.64. The Morgan fingerprint density at radius 1 is 1.21 bits per heavy atom. The highest BCUT2D eigenvalue weighted by atomic mass is 19.4. The van der Waals surface area contributed by atoms with Crippen molar-refractivity contribution in [2.45, 2.75) is 46.3 Å². The van der Waals surface area contributed by atoms with Crippen LogP contribution in [0.3, 0.4) is 0 Å². The van der Waals surface area contributed by atoms with E-state index in [1.807, 2.05) is 19.1 Å². The second-order valence-electron chi connectivity index (χ2n) is 6.67. The van der Waals surface area contributed by atoms with Gasteiger partial charge < -0.3 is 9.32 Å². The van der Waals surface area contributed by atoms with E-state index in [0.29, 0.717) is 35.7 Å². The number of hydrogen-bond acceptors (Lipinski definition) is 5. The van der Waals surface area contributed by atoms with Gasteiger partial charge in [-0.1, -0.05) is 0 Å². The zero-order valence-electron chi connectivity index (χ0n) is 16.0. The van der Waals surface area contributed by atoms with E-state index < -0.39 is 12.0 Å². The average molecular weight is 395 g/mol. The number of alkyl halides is 3. The van der Waals surface area contributed by atoms with Crippen LogP contribution in [0.4, 0.5) is 13.2 Å². The van der Waals surface area contributed by atoms with E-state index in [2.05, 4.69) is 15.1 Å². The summed E-state index contributed by atoms with van der Waals surface area (Å²) >= 11 is 0. The van der Waals surface area contributed by atoms with Gasteiger partial charge in [0, 0.05) is 24.9 Å². The van der Waals surface area contributed by atoms with Crippen LogP contribution in [0.15, 0.2) is 16.5 Å². The lowest BCUT2D eigenvalue weighted by molar-refractivity contribution is -0.144. The van der Waals surface area contributed by atoms with Crippen LogP contribution in [0.1, 0.15) is 40.7 Å². The number of rotatable bonds is 5. The molecular weight excluding hydrogens is 375 g/mol. The van der Waals surface area contributed by atoms with Crippen LogP contribution < -0.4 is 0 Å². The molecule has 0 unspecified atom stereocenters. The fourth-order valence-electron chi connectivity index (χ4n) is 3.01. The van der Waals surface area contributed by atoms with Gasteiger partial charge >= 0.3 is 6.18 Å². The van der Waals surface area contributed by atoms with E-state index in [-0.39, 0.29) is 18.1 Å². The molecule has 0 fully saturated rings. The molecule has 0 aliphatic heterocycles. The van der Waals surface area contributed by atoms with Gasteiger partial charge in [0.25, 0.3) is 11.6 Å². The minimum Gasteiger partial charge on any atom is -0.464 e. The Balaban J connectivity index is 1.75. The fraction of sp³-hybridized carbons (Fsp3) is 0.444. The highest BCUT2D eigenvalue weighted by molar-refractivity contribution is 5.76. The molecule has 3 rings (SSSR count). The van der Waals surface area contributed by atoms with Crippen molar-refractivity contribution >= 4 is 11.7 Å². The molecule has 28 heavy (non-hydrogen) atoms. The number of furan rings is 1. The highest BCUT2D eigenvalue weighted by Crippen LogP contribution is 2.27. The normalized spacial score (nSPS) is 12.0. The molecule has 1 amide bonds. The van der Waals surface area contributed by atoms with Crippen molar-refractivity contribution in [3.63, 3.8) is 0 Å². The van der Waals surface area contributed by atoms with Gasteiger partial charge in [-0.05, 0) is 44.9 Å². The predicted octanol–water partition coefficient (Wildman–Crippen LogP) is 3.25. The van der Waals surface area contributed by atoms with Crippen LogP contribution in [0, 0.1) is 20.8 Å². The summed E-state index contributed by atoms with van der Waals surface area (Å²) in [6.45, 7) is 5.50. The van der Waals surface area contributed by atoms with E-state index in [0.717, 1.165) is 10.3 Å². The Labute approximate surface area is 159 Å². The second kappa shape index (κ2) is 7.25. The first-order valence-corrected chi connectivity index (χ1v) is 8.65. The SMILES string of the molecule is Cc1ccc(CN(C)C(=O)CCc2c(C)nc3nc(C(F)(F)F)nn3c2C)o1. The standard InChI is InChI=1S/C18H20F3N5O2/c1-10-5-6-13(28-10)9-25(4)15(27)8-7-14-11(2)22-17-23-16(18(19,20)21)24-26(17)12(14)3/h5-6H,7-9H2,1-4H3. The number of carbonyl (C=O) groups excluding carboxylic acids is 1. The van der Waals surface area contributed by atoms with Crippen molar-refractivity contribution in [1.82, 2.24) is 24.5 Å². The van der Waals surface area contributed by atoms with Crippen LogP contribution in [-0.2, 0) is 23.9 Å². The molecule has 0 aliphatic carbocycles. The maximum absolute atomic E-state index is 12.9. The quantitative estimate of drug-likeness (QED) is 0.663. The van der Waals surface area contributed by atoms with E-state index >= 15 is 0 Å². The predicted molar refractivity (Wildman–Crippen MR) is 93.5 cm³/mol. The largest absolute Gasteiger partial charge is 0.464 e. The molecular formula is C18H20F3N5O2. The van der Waals surface area contributed by atoms with Crippen molar-refractivity contribution in [3.05, 3.63) is 46.4 Å². The molecule has 0 spiro atoms. The topological polar surface area (TPSA) is 76.5 Å². The van der Waals surface area contributed by atoms with Gasteiger partial charge in [0.05, 0.1) is 6.54 Å². The summed E-state index contributed by atoms with van der Waals surface area (Å²) in [7, 11) is 1.67.